The molecule has 6 heteroatoms. The number of carbonyl (C=O) groups is 2. The number of fused-ring (bicyclic) bond motifs is 1. The number of benzene rings is 1. The third-order valence-corrected chi connectivity index (χ3v) is 5.30. The summed E-state index contributed by atoms with van der Waals surface area (Å²) in [6, 6.07) is 9.32. The van der Waals surface area contributed by atoms with E-state index in [-0.39, 0.29) is 28.2 Å². The van der Waals surface area contributed by atoms with Gasteiger partial charge in [0.05, 0.1) is 24.5 Å². The van der Waals surface area contributed by atoms with E-state index >= 15 is 0 Å². The van der Waals surface area contributed by atoms with Gasteiger partial charge in [-0.1, -0.05) is 42.0 Å². The fourth-order valence-electron chi connectivity index (χ4n) is 3.57. The average molecular weight is 344 g/mol. The molecule has 1 heterocycles. The van der Waals surface area contributed by atoms with Crippen molar-refractivity contribution < 1.29 is 14.3 Å². The van der Waals surface area contributed by atoms with E-state index in [0.29, 0.717) is 6.61 Å². The highest BCUT2D eigenvalue weighted by Gasteiger charge is 2.48. The van der Waals surface area contributed by atoms with Gasteiger partial charge in [-0.05, 0) is 31.2 Å². The molecule has 1 aromatic rings. The highest BCUT2D eigenvalue weighted by atomic mass is 32.2. The Labute approximate surface area is 145 Å². The van der Waals surface area contributed by atoms with Gasteiger partial charge in [0.25, 0.3) is 0 Å². The molecule has 4 unspecified atom stereocenters. The molecule has 1 aliphatic heterocycles. The molecule has 5 nitrogen and oxygen atoms in total. The topological polar surface area (TPSA) is 81.8 Å². The van der Waals surface area contributed by atoms with E-state index in [2.05, 4.69) is 4.99 Å². The second-order valence-electron chi connectivity index (χ2n) is 5.98. The van der Waals surface area contributed by atoms with Crippen LogP contribution in [0.2, 0.25) is 0 Å². The zero-order valence-electron chi connectivity index (χ0n) is 13.6. The minimum Gasteiger partial charge on any atom is -0.466 e. The first-order valence-electron chi connectivity index (χ1n) is 7.97. The molecule has 3 rings (SSSR count). The van der Waals surface area contributed by atoms with Crippen LogP contribution in [-0.4, -0.2) is 28.9 Å². The maximum atomic E-state index is 12.7. The van der Waals surface area contributed by atoms with Crippen molar-refractivity contribution in [2.24, 2.45) is 22.6 Å². The molecule has 24 heavy (non-hydrogen) atoms. The van der Waals surface area contributed by atoms with Gasteiger partial charge in [0.2, 0.25) is 5.12 Å². The molecule has 0 saturated carbocycles. The largest absolute Gasteiger partial charge is 0.466 e. The van der Waals surface area contributed by atoms with Crippen molar-refractivity contribution in [3.05, 3.63) is 47.5 Å². The number of nitrogens with two attached hydrogens (primary N) is 1. The molecule has 0 fully saturated rings. The second kappa shape index (κ2) is 6.81. The van der Waals surface area contributed by atoms with E-state index in [1.807, 2.05) is 43.3 Å². The van der Waals surface area contributed by atoms with Gasteiger partial charge in [-0.3, -0.25) is 14.6 Å². The summed E-state index contributed by atoms with van der Waals surface area (Å²) >= 11 is 0.961. The number of thioether (sulfide) groups is 1. The second-order valence-corrected chi connectivity index (χ2v) is 7.01. The smallest absolute Gasteiger partial charge is 0.313 e. The molecule has 0 radical (unpaired) electrons. The Morgan fingerprint density at radius 1 is 1.29 bits per heavy atom. The first-order valence-corrected chi connectivity index (χ1v) is 8.79. The Morgan fingerprint density at radius 3 is 2.67 bits per heavy atom. The van der Waals surface area contributed by atoms with Gasteiger partial charge in [-0.15, -0.1) is 0 Å². The lowest BCUT2D eigenvalue weighted by Gasteiger charge is -2.40. The van der Waals surface area contributed by atoms with Crippen LogP contribution in [0, 0.1) is 11.8 Å². The quantitative estimate of drug-likeness (QED) is 0.673. The summed E-state index contributed by atoms with van der Waals surface area (Å²) in [5, 5.41) is 0.242. The van der Waals surface area contributed by atoms with E-state index in [1.165, 1.54) is 0 Å². The Kier molecular flexibility index (Phi) is 4.76. The van der Waals surface area contributed by atoms with Crippen molar-refractivity contribution in [1.29, 1.82) is 0 Å². The Bertz CT molecular complexity index is 714. The fraction of sp³-hybridized carbons (Fsp3) is 0.389. The summed E-state index contributed by atoms with van der Waals surface area (Å²) in [6.45, 7) is 3.99. The number of hydrogen-bond donors (Lipinski definition) is 1. The average Bonchev–Trinajstić information content (AvgIpc) is 2.54. The van der Waals surface area contributed by atoms with Crippen LogP contribution in [-0.2, 0) is 14.3 Å². The van der Waals surface area contributed by atoms with Crippen molar-refractivity contribution >= 4 is 28.0 Å². The lowest BCUT2D eigenvalue weighted by Crippen LogP contribution is -2.44. The van der Waals surface area contributed by atoms with Gasteiger partial charge in [-0.25, -0.2) is 0 Å². The van der Waals surface area contributed by atoms with Crippen LogP contribution < -0.4 is 5.73 Å². The highest BCUT2D eigenvalue weighted by Crippen LogP contribution is 2.47. The lowest BCUT2D eigenvalue weighted by molar-refractivity contribution is -0.148. The van der Waals surface area contributed by atoms with E-state index in [9.17, 15) is 9.59 Å². The van der Waals surface area contributed by atoms with Crippen LogP contribution in [0.1, 0.15) is 25.3 Å². The molecule has 0 bridgehead atoms. The number of esters is 1. The van der Waals surface area contributed by atoms with Crippen LogP contribution in [0.4, 0.5) is 0 Å². The standard InChI is InChI=1S/C18H20N2O3S/c1-3-23-16(21)13-10(2)9-12-15(17(22)24-18(19)20-12)14(13)11-7-5-4-6-8-11/h4-9,12-15H,3H2,1-2H3,(H2,19,20). The molecule has 2 N–H and O–H groups in total. The third-order valence-electron chi connectivity index (χ3n) is 4.52. The maximum absolute atomic E-state index is 12.7. The number of aliphatic imine (C=N–C) groups is 1. The zero-order valence-corrected chi connectivity index (χ0v) is 14.5. The van der Waals surface area contributed by atoms with Gasteiger partial charge in [0, 0.05) is 5.92 Å². The summed E-state index contributed by atoms with van der Waals surface area (Å²) in [7, 11) is 0. The zero-order chi connectivity index (χ0) is 17.3. The molecule has 0 aromatic heterocycles. The molecule has 0 amide bonds. The normalized spacial score (nSPS) is 29.3. The SMILES string of the molecule is CCOC(=O)C1C(C)=CC2N=C(N)SC(=O)C2C1c1ccccc1. The van der Waals surface area contributed by atoms with Gasteiger partial charge in [-0.2, -0.15) is 0 Å². The Balaban J connectivity index is 2.12. The van der Waals surface area contributed by atoms with Crippen LogP contribution >= 0.6 is 11.8 Å². The minimum atomic E-state index is -0.479. The van der Waals surface area contributed by atoms with Crippen molar-refractivity contribution in [1.82, 2.24) is 0 Å². The summed E-state index contributed by atoms with van der Waals surface area (Å²) in [4.78, 5) is 29.7. The van der Waals surface area contributed by atoms with Crippen molar-refractivity contribution in [3.8, 4) is 0 Å². The predicted octanol–water partition coefficient (Wildman–Crippen LogP) is 2.48. The van der Waals surface area contributed by atoms with E-state index in [4.69, 9.17) is 10.5 Å². The lowest BCUT2D eigenvalue weighted by atomic mass is 9.67. The van der Waals surface area contributed by atoms with Gasteiger partial charge in [0.1, 0.15) is 0 Å². The van der Waals surface area contributed by atoms with Gasteiger partial charge < -0.3 is 10.5 Å². The predicted molar refractivity (Wildman–Crippen MR) is 94.6 cm³/mol. The van der Waals surface area contributed by atoms with Gasteiger partial charge >= 0.3 is 5.97 Å². The van der Waals surface area contributed by atoms with Crippen molar-refractivity contribution in [2.45, 2.75) is 25.8 Å². The van der Waals surface area contributed by atoms with E-state index in [0.717, 1.165) is 22.9 Å². The van der Waals surface area contributed by atoms with Crippen molar-refractivity contribution in [2.75, 3.05) is 6.61 Å². The monoisotopic (exact) mass is 344 g/mol. The molecular formula is C18H20N2O3S. The number of rotatable bonds is 3. The van der Waals surface area contributed by atoms with E-state index < -0.39 is 11.8 Å². The fourth-order valence-corrected chi connectivity index (χ4v) is 4.37. The molecule has 1 aromatic carbocycles. The Hall–Kier alpha value is -2.08. The van der Waals surface area contributed by atoms with E-state index in [1.54, 1.807) is 6.92 Å². The van der Waals surface area contributed by atoms with Crippen LogP contribution in [0.15, 0.2) is 47.0 Å². The van der Waals surface area contributed by atoms with Crippen molar-refractivity contribution in [3.63, 3.8) is 0 Å². The molecule has 4 atom stereocenters. The number of ether oxygens (including phenoxy) is 1. The molecule has 126 valence electrons. The summed E-state index contributed by atoms with van der Waals surface area (Å²) < 4.78 is 5.28. The maximum Gasteiger partial charge on any atom is 0.313 e. The Morgan fingerprint density at radius 2 is 2.00 bits per heavy atom. The molecule has 2 aliphatic rings. The summed E-state index contributed by atoms with van der Waals surface area (Å²) in [5.41, 5.74) is 7.60. The van der Waals surface area contributed by atoms with Crippen LogP contribution in [0.5, 0.6) is 0 Å². The minimum absolute atomic E-state index is 0.0422. The molecule has 1 aliphatic carbocycles. The van der Waals surface area contributed by atoms with Gasteiger partial charge in [0.15, 0.2) is 5.17 Å². The summed E-state index contributed by atoms with van der Waals surface area (Å²) in [5.74, 6) is -1.48. The molecule has 0 saturated heterocycles. The third kappa shape index (κ3) is 2.98. The first-order chi connectivity index (χ1) is 11.5. The number of amidine groups is 1. The number of carbonyl (C=O) groups excluding carboxylic acids is 2. The summed E-state index contributed by atoms with van der Waals surface area (Å²) in [6.07, 6.45) is 1.89. The number of nitrogens with zero attached hydrogens (tertiary/aromatic N) is 1. The van der Waals surface area contributed by atoms with Crippen LogP contribution in [0.3, 0.4) is 0 Å². The number of hydrogen-bond acceptors (Lipinski definition) is 6. The van der Waals surface area contributed by atoms with Crippen LogP contribution in [0.25, 0.3) is 0 Å². The first kappa shape index (κ1) is 16.8. The molecule has 0 spiro atoms. The molecular weight excluding hydrogens is 324 g/mol. The highest BCUT2D eigenvalue weighted by molar-refractivity contribution is 8.26.